The van der Waals surface area contributed by atoms with Gasteiger partial charge in [0.05, 0.1) is 22.5 Å². The van der Waals surface area contributed by atoms with Gasteiger partial charge in [0.2, 0.25) is 0 Å². The minimum Gasteiger partial charge on any atom is -0.748 e. The molecule has 0 saturated carbocycles. The van der Waals surface area contributed by atoms with Crippen LogP contribution >= 0.6 is 0 Å². The zero-order chi connectivity index (χ0) is 14.3. The number of hydrogen-bond donors (Lipinski definition) is 0. The molecular formula is C9H14F5KO3S. The largest absolute Gasteiger partial charge is 1.00 e. The zero-order valence-electron chi connectivity index (χ0n) is 10.4. The third kappa shape index (κ3) is 10.5. The average molecular weight is 336 g/mol. The van der Waals surface area contributed by atoms with Crippen LogP contribution in [0.2, 0.25) is 0 Å². The molecule has 0 rings (SSSR count). The van der Waals surface area contributed by atoms with Crippen molar-refractivity contribution >= 4 is 10.1 Å². The smallest absolute Gasteiger partial charge is 0.748 e. The molecule has 3 nitrogen and oxygen atoms in total. The summed E-state index contributed by atoms with van der Waals surface area (Å²) in [5.74, 6) is -1.74. The van der Waals surface area contributed by atoms with E-state index >= 15 is 0 Å². The van der Waals surface area contributed by atoms with E-state index in [1.807, 2.05) is 0 Å². The molecule has 0 heterocycles. The van der Waals surface area contributed by atoms with Crippen molar-refractivity contribution in [3.05, 3.63) is 0 Å². The molecule has 0 N–H and O–H groups in total. The molecule has 0 aromatic heterocycles. The van der Waals surface area contributed by atoms with Crippen LogP contribution < -0.4 is 51.4 Å². The Labute approximate surface area is 151 Å². The molecule has 4 atom stereocenters. The summed E-state index contributed by atoms with van der Waals surface area (Å²) in [4.78, 5) is 0. The van der Waals surface area contributed by atoms with Gasteiger partial charge in [-0.25, -0.2) is 26.0 Å². The van der Waals surface area contributed by atoms with Gasteiger partial charge in [-0.05, 0) is 19.3 Å². The van der Waals surface area contributed by atoms with Crippen LogP contribution in [0.4, 0.5) is 22.0 Å². The first-order valence-electron chi connectivity index (χ1n) is 5.25. The molecule has 0 bridgehead atoms. The second-order valence-corrected chi connectivity index (χ2v) is 5.28. The molecule has 110 valence electrons. The molecule has 19 heavy (non-hydrogen) atoms. The second-order valence-electron chi connectivity index (χ2n) is 3.83. The molecule has 0 spiro atoms. The van der Waals surface area contributed by atoms with Crippen LogP contribution in [-0.4, -0.2) is 50.1 Å². The molecule has 0 aliphatic carbocycles. The number of alkyl halides is 5. The normalized spacial score (nSPS) is 18.2. The van der Waals surface area contributed by atoms with Gasteiger partial charge in [-0.1, -0.05) is 0 Å². The SMILES string of the molecule is O=S(=O)([O-])CC(F)C(F)C(F)C(F)CCCCF.[K+]. The maximum atomic E-state index is 13.1. The van der Waals surface area contributed by atoms with E-state index in [0.717, 1.165) is 0 Å². The van der Waals surface area contributed by atoms with Gasteiger partial charge in [0, 0.05) is 0 Å². The van der Waals surface area contributed by atoms with Crippen molar-refractivity contribution in [1.82, 2.24) is 0 Å². The molecule has 0 amide bonds. The first-order valence-corrected chi connectivity index (χ1v) is 6.82. The maximum absolute atomic E-state index is 13.1. The third-order valence-electron chi connectivity index (χ3n) is 2.22. The predicted octanol–water partition coefficient (Wildman–Crippen LogP) is -0.972. The van der Waals surface area contributed by atoms with Crippen LogP contribution in [0.15, 0.2) is 0 Å². The Hall–Kier alpha value is 1.20. The van der Waals surface area contributed by atoms with Crippen molar-refractivity contribution in [1.29, 1.82) is 0 Å². The van der Waals surface area contributed by atoms with Gasteiger partial charge in [-0.3, -0.25) is 4.39 Å². The summed E-state index contributed by atoms with van der Waals surface area (Å²) in [6.07, 6.45) is -11.8. The van der Waals surface area contributed by atoms with Gasteiger partial charge in [0.15, 0.2) is 12.3 Å². The van der Waals surface area contributed by atoms with E-state index in [4.69, 9.17) is 0 Å². The van der Waals surface area contributed by atoms with E-state index in [2.05, 4.69) is 0 Å². The standard InChI is InChI=1S/C9H15F5O3S.K/c10-4-2-1-3-6(11)8(13)9(14)7(12)5-18(15,16)17;/h6-9H,1-5H2,(H,15,16,17);/q;+1/p-1. The average Bonchev–Trinajstić information content (AvgIpc) is 2.24. The van der Waals surface area contributed by atoms with Crippen LogP contribution in [-0.2, 0) is 10.1 Å². The van der Waals surface area contributed by atoms with Crippen LogP contribution in [0.25, 0.3) is 0 Å². The first kappa shape index (κ1) is 22.5. The van der Waals surface area contributed by atoms with E-state index in [0.29, 0.717) is 0 Å². The number of rotatable bonds is 9. The Balaban J connectivity index is 0. The second kappa shape index (κ2) is 10.9. The van der Waals surface area contributed by atoms with Crippen LogP contribution in [0.1, 0.15) is 19.3 Å². The zero-order valence-corrected chi connectivity index (χ0v) is 14.3. The molecule has 0 fully saturated rings. The first-order chi connectivity index (χ1) is 8.19. The van der Waals surface area contributed by atoms with Crippen molar-refractivity contribution in [3.63, 3.8) is 0 Å². The van der Waals surface area contributed by atoms with Crippen LogP contribution in [0, 0.1) is 0 Å². The molecule has 0 aromatic carbocycles. The Kier molecular flexibility index (Phi) is 12.8. The molecule has 4 unspecified atom stereocenters. The fourth-order valence-electron chi connectivity index (χ4n) is 1.28. The molecule has 0 aliphatic heterocycles. The number of unbranched alkanes of at least 4 members (excludes halogenated alkanes) is 1. The molecule has 0 radical (unpaired) electrons. The third-order valence-corrected chi connectivity index (χ3v) is 2.95. The number of halogens is 5. The van der Waals surface area contributed by atoms with E-state index < -0.39 is 53.7 Å². The van der Waals surface area contributed by atoms with Gasteiger partial charge in [-0.15, -0.1) is 0 Å². The van der Waals surface area contributed by atoms with Gasteiger partial charge in [0.1, 0.15) is 12.3 Å². The van der Waals surface area contributed by atoms with Crippen molar-refractivity contribution in [3.8, 4) is 0 Å². The van der Waals surface area contributed by atoms with E-state index in [1.54, 1.807) is 0 Å². The van der Waals surface area contributed by atoms with Crippen LogP contribution in [0.5, 0.6) is 0 Å². The van der Waals surface area contributed by atoms with Crippen molar-refractivity contribution in [2.75, 3.05) is 12.4 Å². The molecular weight excluding hydrogens is 322 g/mol. The summed E-state index contributed by atoms with van der Waals surface area (Å²) in [5.41, 5.74) is 0. The van der Waals surface area contributed by atoms with Crippen molar-refractivity contribution in [2.24, 2.45) is 0 Å². The molecule has 0 aromatic rings. The van der Waals surface area contributed by atoms with Crippen molar-refractivity contribution in [2.45, 2.75) is 43.9 Å². The Morgan fingerprint density at radius 2 is 1.42 bits per heavy atom. The minimum absolute atomic E-state index is 0. The minimum atomic E-state index is -5.05. The fourth-order valence-corrected chi connectivity index (χ4v) is 1.85. The fraction of sp³-hybridized carbons (Fsp3) is 1.00. The monoisotopic (exact) mass is 336 g/mol. The summed E-state index contributed by atoms with van der Waals surface area (Å²) in [5, 5.41) is 0. The van der Waals surface area contributed by atoms with E-state index in [9.17, 15) is 34.9 Å². The van der Waals surface area contributed by atoms with Crippen LogP contribution in [0.3, 0.4) is 0 Å². The van der Waals surface area contributed by atoms with Gasteiger partial charge < -0.3 is 4.55 Å². The summed E-state index contributed by atoms with van der Waals surface area (Å²) in [6.45, 7) is -0.733. The summed E-state index contributed by atoms with van der Waals surface area (Å²) in [7, 11) is -5.05. The van der Waals surface area contributed by atoms with Gasteiger partial charge in [0.25, 0.3) is 0 Å². The summed E-state index contributed by atoms with van der Waals surface area (Å²) in [6, 6.07) is 0. The Bertz CT molecular complexity index is 330. The van der Waals surface area contributed by atoms with Crippen molar-refractivity contribution < 1.29 is 86.3 Å². The quantitative estimate of drug-likeness (QED) is 0.236. The summed E-state index contributed by atoms with van der Waals surface area (Å²) >= 11 is 0. The van der Waals surface area contributed by atoms with Gasteiger partial charge in [-0.2, -0.15) is 0 Å². The number of hydrogen-bond acceptors (Lipinski definition) is 3. The molecule has 0 aliphatic rings. The summed E-state index contributed by atoms with van der Waals surface area (Å²) < 4.78 is 94.0. The van der Waals surface area contributed by atoms with Gasteiger partial charge >= 0.3 is 51.4 Å². The molecule has 10 heteroatoms. The Morgan fingerprint density at radius 3 is 1.84 bits per heavy atom. The molecule has 0 saturated heterocycles. The topological polar surface area (TPSA) is 57.2 Å². The van der Waals surface area contributed by atoms with E-state index in [1.165, 1.54) is 0 Å². The maximum Gasteiger partial charge on any atom is 1.00 e. The predicted molar refractivity (Wildman–Crippen MR) is 54.0 cm³/mol. The Morgan fingerprint density at radius 1 is 0.947 bits per heavy atom. The van der Waals surface area contributed by atoms with E-state index in [-0.39, 0.29) is 64.2 Å².